The van der Waals surface area contributed by atoms with Crippen LogP contribution in [0.1, 0.15) is 18.4 Å². The molecule has 1 heterocycles. The average Bonchev–Trinajstić information content (AvgIpc) is 2.98. The Morgan fingerprint density at radius 2 is 2.43 bits per heavy atom. The predicted octanol–water partition coefficient (Wildman–Crippen LogP) is 1.54. The highest BCUT2D eigenvalue weighted by molar-refractivity contribution is 7.80. The maximum atomic E-state index is 5.59. The average molecular weight is 207 g/mol. The molecular formula is C10H13N3S. The minimum absolute atomic E-state index is 0.399. The van der Waals surface area contributed by atoms with Crippen molar-refractivity contribution in [1.82, 2.24) is 4.98 Å². The van der Waals surface area contributed by atoms with E-state index in [1.54, 1.807) is 12.4 Å². The van der Waals surface area contributed by atoms with Gasteiger partial charge in [-0.1, -0.05) is 12.2 Å². The number of nitrogens with two attached hydrogens (primary N) is 1. The van der Waals surface area contributed by atoms with E-state index in [1.165, 1.54) is 12.8 Å². The van der Waals surface area contributed by atoms with Crippen LogP contribution in [-0.2, 0) is 0 Å². The van der Waals surface area contributed by atoms with E-state index in [0.29, 0.717) is 4.99 Å². The summed E-state index contributed by atoms with van der Waals surface area (Å²) < 4.78 is 0. The lowest BCUT2D eigenvalue weighted by molar-refractivity contribution is 0.888. The van der Waals surface area contributed by atoms with Crippen LogP contribution < -0.4 is 11.1 Å². The number of nitrogens with one attached hydrogen (secondary N) is 1. The Bertz CT molecular complexity index is 347. The van der Waals surface area contributed by atoms with Crippen LogP contribution in [0.2, 0.25) is 0 Å². The lowest BCUT2D eigenvalue weighted by atomic mass is 10.2. The lowest BCUT2D eigenvalue weighted by Crippen LogP contribution is -2.14. The van der Waals surface area contributed by atoms with E-state index >= 15 is 0 Å². The van der Waals surface area contributed by atoms with E-state index in [4.69, 9.17) is 18.0 Å². The third-order valence-corrected chi connectivity index (χ3v) is 2.58. The quantitative estimate of drug-likeness (QED) is 0.735. The van der Waals surface area contributed by atoms with Gasteiger partial charge in [0.2, 0.25) is 0 Å². The van der Waals surface area contributed by atoms with Crippen molar-refractivity contribution in [2.45, 2.75) is 12.8 Å². The summed E-state index contributed by atoms with van der Waals surface area (Å²) in [6.07, 6.45) is 6.12. The highest BCUT2D eigenvalue weighted by atomic mass is 32.1. The molecule has 14 heavy (non-hydrogen) atoms. The Morgan fingerprint density at radius 3 is 3.07 bits per heavy atom. The summed E-state index contributed by atoms with van der Waals surface area (Å²) >= 11 is 4.94. The molecule has 0 atom stereocenters. The molecule has 0 unspecified atom stereocenters. The van der Waals surface area contributed by atoms with Crippen LogP contribution in [0.3, 0.4) is 0 Å². The van der Waals surface area contributed by atoms with Crippen molar-refractivity contribution in [1.29, 1.82) is 0 Å². The first-order valence-electron chi connectivity index (χ1n) is 4.75. The Balaban J connectivity index is 2.09. The Morgan fingerprint density at radius 1 is 1.64 bits per heavy atom. The van der Waals surface area contributed by atoms with Gasteiger partial charge in [-0.25, -0.2) is 0 Å². The number of pyridine rings is 1. The van der Waals surface area contributed by atoms with E-state index in [1.807, 2.05) is 6.07 Å². The Hall–Kier alpha value is -1.16. The third-order valence-electron chi connectivity index (χ3n) is 2.36. The molecule has 0 aliphatic heterocycles. The topological polar surface area (TPSA) is 50.9 Å². The minimum atomic E-state index is 0.399. The van der Waals surface area contributed by atoms with E-state index in [2.05, 4.69) is 10.3 Å². The third kappa shape index (κ3) is 2.20. The highest BCUT2D eigenvalue weighted by Crippen LogP contribution is 2.29. The number of thiocarbonyl (C=S) groups is 1. The van der Waals surface area contributed by atoms with Gasteiger partial charge >= 0.3 is 0 Å². The van der Waals surface area contributed by atoms with Crippen molar-refractivity contribution in [2.75, 3.05) is 11.9 Å². The zero-order valence-corrected chi connectivity index (χ0v) is 8.68. The summed E-state index contributed by atoms with van der Waals surface area (Å²) in [6.45, 7) is 1.01. The van der Waals surface area contributed by atoms with Gasteiger partial charge in [0.25, 0.3) is 0 Å². The van der Waals surface area contributed by atoms with Crippen LogP contribution in [0.5, 0.6) is 0 Å². The number of anilines is 1. The summed E-state index contributed by atoms with van der Waals surface area (Å²) in [5, 5.41) is 3.35. The van der Waals surface area contributed by atoms with Gasteiger partial charge in [-0.05, 0) is 24.8 Å². The van der Waals surface area contributed by atoms with Gasteiger partial charge in [0, 0.05) is 24.6 Å². The van der Waals surface area contributed by atoms with Gasteiger partial charge in [0.1, 0.15) is 4.99 Å². The SMILES string of the molecule is NC(=S)c1cnccc1NCC1CC1. The number of nitrogens with zero attached hydrogens (tertiary/aromatic N) is 1. The standard InChI is InChI=1S/C10H13N3S/c11-10(14)8-6-12-4-3-9(8)13-5-7-1-2-7/h3-4,6-7H,1-2,5H2,(H2,11,14)(H,12,13). The molecule has 1 aliphatic rings. The molecule has 1 aromatic rings. The van der Waals surface area contributed by atoms with Gasteiger partial charge in [-0.15, -0.1) is 0 Å². The van der Waals surface area contributed by atoms with Gasteiger partial charge in [0.05, 0.1) is 5.56 Å². The van der Waals surface area contributed by atoms with E-state index in [9.17, 15) is 0 Å². The maximum Gasteiger partial charge on any atom is 0.107 e. The van der Waals surface area contributed by atoms with Gasteiger partial charge in [-0.3, -0.25) is 4.98 Å². The molecule has 1 fully saturated rings. The Kier molecular flexibility index (Phi) is 2.63. The van der Waals surface area contributed by atoms with Crippen molar-refractivity contribution in [3.05, 3.63) is 24.0 Å². The highest BCUT2D eigenvalue weighted by Gasteiger charge is 2.21. The van der Waals surface area contributed by atoms with Crippen LogP contribution in [0.4, 0.5) is 5.69 Å². The zero-order chi connectivity index (χ0) is 9.97. The van der Waals surface area contributed by atoms with Crippen LogP contribution >= 0.6 is 12.2 Å². The number of hydrogen-bond acceptors (Lipinski definition) is 3. The molecule has 3 nitrogen and oxygen atoms in total. The summed E-state index contributed by atoms with van der Waals surface area (Å²) in [5.74, 6) is 0.836. The fraction of sp³-hybridized carbons (Fsp3) is 0.400. The van der Waals surface area contributed by atoms with Gasteiger partial charge < -0.3 is 11.1 Å². The molecule has 1 aliphatic carbocycles. The number of rotatable bonds is 4. The molecule has 0 spiro atoms. The minimum Gasteiger partial charge on any atom is -0.389 e. The molecule has 4 heteroatoms. The zero-order valence-electron chi connectivity index (χ0n) is 7.86. The van der Waals surface area contributed by atoms with Gasteiger partial charge in [0.15, 0.2) is 0 Å². The fourth-order valence-electron chi connectivity index (χ4n) is 1.32. The van der Waals surface area contributed by atoms with Crippen LogP contribution in [0.25, 0.3) is 0 Å². The number of aromatic nitrogens is 1. The predicted molar refractivity (Wildman–Crippen MR) is 61.3 cm³/mol. The van der Waals surface area contributed by atoms with Crippen molar-refractivity contribution in [2.24, 2.45) is 11.7 Å². The lowest BCUT2D eigenvalue weighted by Gasteiger charge is -2.09. The molecule has 0 amide bonds. The van der Waals surface area contributed by atoms with E-state index < -0.39 is 0 Å². The fourth-order valence-corrected chi connectivity index (χ4v) is 1.48. The molecule has 1 aromatic heterocycles. The molecule has 0 saturated heterocycles. The molecule has 0 aromatic carbocycles. The van der Waals surface area contributed by atoms with Crippen LogP contribution in [-0.4, -0.2) is 16.5 Å². The van der Waals surface area contributed by atoms with E-state index in [-0.39, 0.29) is 0 Å². The van der Waals surface area contributed by atoms with Crippen molar-refractivity contribution in [3.63, 3.8) is 0 Å². The summed E-state index contributed by atoms with van der Waals surface area (Å²) in [7, 11) is 0. The maximum absolute atomic E-state index is 5.59. The first-order valence-corrected chi connectivity index (χ1v) is 5.16. The normalized spacial score (nSPS) is 15.1. The monoisotopic (exact) mass is 207 g/mol. The molecule has 0 radical (unpaired) electrons. The van der Waals surface area contributed by atoms with Crippen molar-refractivity contribution in [3.8, 4) is 0 Å². The molecule has 0 bridgehead atoms. The van der Waals surface area contributed by atoms with Gasteiger partial charge in [-0.2, -0.15) is 0 Å². The summed E-state index contributed by atoms with van der Waals surface area (Å²) in [5.41, 5.74) is 7.42. The van der Waals surface area contributed by atoms with Crippen molar-refractivity contribution >= 4 is 22.9 Å². The molecule has 3 N–H and O–H groups in total. The smallest absolute Gasteiger partial charge is 0.107 e. The summed E-state index contributed by atoms with van der Waals surface area (Å²) in [4.78, 5) is 4.40. The second kappa shape index (κ2) is 3.92. The number of hydrogen-bond donors (Lipinski definition) is 2. The largest absolute Gasteiger partial charge is 0.389 e. The molecule has 2 rings (SSSR count). The Labute approximate surface area is 88.7 Å². The first-order chi connectivity index (χ1) is 6.77. The van der Waals surface area contributed by atoms with Crippen LogP contribution in [0.15, 0.2) is 18.5 Å². The first kappa shape index (κ1) is 9.40. The van der Waals surface area contributed by atoms with E-state index in [0.717, 1.165) is 23.7 Å². The van der Waals surface area contributed by atoms with Crippen LogP contribution in [0, 0.1) is 5.92 Å². The molecule has 1 saturated carbocycles. The molecule has 74 valence electrons. The van der Waals surface area contributed by atoms with Crippen molar-refractivity contribution < 1.29 is 0 Å². The molecular weight excluding hydrogens is 194 g/mol. The summed E-state index contributed by atoms with van der Waals surface area (Å²) in [6, 6.07) is 1.91. The second-order valence-corrected chi connectivity index (χ2v) is 4.05. The second-order valence-electron chi connectivity index (χ2n) is 3.61.